The van der Waals surface area contributed by atoms with Gasteiger partial charge >= 0.3 is 0 Å². The average Bonchev–Trinajstić information content (AvgIpc) is 2.79. The Morgan fingerprint density at radius 3 is 2.52 bits per heavy atom. The van der Waals surface area contributed by atoms with Crippen LogP contribution >= 0.6 is 0 Å². The predicted octanol–water partition coefficient (Wildman–Crippen LogP) is 2.83. The Morgan fingerprint density at radius 2 is 1.83 bits per heavy atom. The Labute approximate surface area is 173 Å². The number of nitrogens with zero attached hydrogens (tertiary/aromatic N) is 5. The van der Waals surface area contributed by atoms with E-state index in [9.17, 15) is 4.79 Å². The fourth-order valence-corrected chi connectivity index (χ4v) is 4.43. The molecule has 0 N–H and O–H groups in total. The summed E-state index contributed by atoms with van der Waals surface area (Å²) >= 11 is 0. The molecule has 29 heavy (non-hydrogen) atoms. The largest absolute Gasteiger partial charge is 0.354 e. The second-order valence-corrected chi connectivity index (χ2v) is 8.14. The molecule has 1 amide bonds. The Balaban J connectivity index is 1.41. The van der Waals surface area contributed by atoms with Crippen molar-refractivity contribution in [1.82, 2.24) is 20.0 Å². The molecule has 2 aliphatic rings. The summed E-state index contributed by atoms with van der Waals surface area (Å²) in [6.07, 6.45) is 1.99. The molecule has 1 atom stereocenters. The molecule has 0 saturated carbocycles. The highest BCUT2D eigenvalue weighted by Crippen LogP contribution is 2.26. The summed E-state index contributed by atoms with van der Waals surface area (Å²) in [5.41, 5.74) is 3.20. The van der Waals surface area contributed by atoms with Crippen LogP contribution in [-0.4, -0.2) is 71.7 Å². The molecule has 2 aliphatic heterocycles. The number of aryl methyl sites for hydroxylation is 1. The van der Waals surface area contributed by atoms with Gasteiger partial charge in [-0.2, -0.15) is 0 Å². The molecule has 4 rings (SSSR count). The summed E-state index contributed by atoms with van der Waals surface area (Å²) in [6.45, 7) is 10.7. The first kappa shape index (κ1) is 19.8. The first-order valence-corrected chi connectivity index (χ1v) is 10.8. The number of hydrogen-bond acceptors (Lipinski definition) is 5. The fraction of sp³-hybridized carbons (Fsp3) is 0.522. The standard InChI is InChI=1S/C23H31N5O/c1-3-26-13-15-27(16-14-26)23(29)19-8-6-12-28(17-19)22-11-10-21(24-25-22)20-9-5-4-7-18(20)2/h4-5,7,9-11,19H,3,6,8,12-17H2,1-2H3. The fourth-order valence-electron chi connectivity index (χ4n) is 4.43. The maximum atomic E-state index is 13.0. The molecular formula is C23H31N5O. The first-order valence-electron chi connectivity index (χ1n) is 10.8. The summed E-state index contributed by atoms with van der Waals surface area (Å²) < 4.78 is 0. The molecule has 6 nitrogen and oxygen atoms in total. The van der Waals surface area contributed by atoms with Crippen LogP contribution in [0.3, 0.4) is 0 Å². The maximum absolute atomic E-state index is 13.0. The molecule has 154 valence electrons. The topological polar surface area (TPSA) is 52.6 Å². The van der Waals surface area contributed by atoms with Crippen molar-refractivity contribution in [1.29, 1.82) is 0 Å². The zero-order valence-corrected chi connectivity index (χ0v) is 17.5. The minimum absolute atomic E-state index is 0.0646. The number of amides is 1. The van der Waals surface area contributed by atoms with Crippen molar-refractivity contribution < 1.29 is 4.79 Å². The molecule has 3 heterocycles. The van der Waals surface area contributed by atoms with E-state index < -0.39 is 0 Å². The van der Waals surface area contributed by atoms with Crippen LogP contribution in [0.5, 0.6) is 0 Å². The molecule has 0 radical (unpaired) electrons. The smallest absolute Gasteiger partial charge is 0.227 e. The number of anilines is 1. The Bertz CT molecular complexity index is 829. The van der Waals surface area contributed by atoms with Crippen molar-refractivity contribution in [2.24, 2.45) is 5.92 Å². The normalized spacial score (nSPS) is 20.7. The zero-order chi connectivity index (χ0) is 20.2. The van der Waals surface area contributed by atoms with Gasteiger partial charge in [0.05, 0.1) is 11.6 Å². The molecule has 0 spiro atoms. The number of carbonyl (C=O) groups is 1. The van der Waals surface area contributed by atoms with Crippen molar-refractivity contribution in [3.63, 3.8) is 0 Å². The van der Waals surface area contributed by atoms with Crippen LogP contribution in [0.4, 0.5) is 5.82 Å². The number of piperazine rings is 1. The number of likely N-dealkylation sites (N-methyl/N-ethyl adjacent to an activating group) is 1. The van der Waals surface area contributed by atoms with E-state index in [1.807, 2.05) is 24.3 Å². The number of piperidine rings is 1. The van der Waals surface area contributed by atoms with Crippen LogP contribution in [0, 0.1) is 12.8 Å². The van der Waals surface area contributed by atoms with E-state index in [0.29, 0.717) is 5.91 Å². The molecule has 1 unspecified atom stereocenters. The van der Waals surface area contributed by atoms with E-state index in [4.69, 9.17) is 0 Å². The lowest BCUT2D eigenvalue weighted by atomic mass is 9.96. The lowest BCUT2D eigenvalue weighted by Crippen LogP contribution is -2.52. The van der Waals surface area contributed by atoms with Crippen molar-refractivity contribution in [2.45, 2.75) is 26.7 Å². The molecule has 1 aromatic heterocycles. The number of aromatic nitrogens is 2. The van der Waals surface area contributed by atoms with Gasteiger partial charge in [-0.15, -0.1) is 10.2 Å². The summed E-state index contributed by atoms with van der Waals surface area (Å²) in [4.78, 5) is 19.7. The molecule has 2 fully saturated rings. The molecule has 6 heteroatoms. The van der Waals surface area contributed by atoms with Crippen LogP contribution in [0.25, 0.3) is 11.3 Å². The summed E-state index contributed by atoms with van der Waals surface area (Å²) in [7, 11) is 0. The van der Waals surface area contributed by atoms with Gasteiger partial charge in [0, 0.05) is 44.8 Å². The molecular weight excluding hydrogens is 362 g/mol. The maximum Gasteiger partial charge on any atom is 0.227 e. The molecule has 0 aliphatic carbocycles. The van der Waals surface area contributed by atoms with Gasteiger partial charge < -0.3 is 14.7 Å². The number of hydrogen-bond donors (Lipinski definition) is 0. The number of carbonyl (C=O) groups excluding carboxylic acids is 1. The number of benzene rings is 1. The third-order valence-corrected chi connectivity index (χ3v) is 6.30. The minimum atomic E-state index is 0.0646. The third kappa shape index (κ3) is 4.42. The van der Waals surface area contributed by atoms with Gasteiger partial charge in [0.1, 0.15) is 0 Å². The van der Waals surface area contributed by atoms with Gasteiger partial charge in [-0.25, -0.2) is 0 Å². The molecule has 2 saturated heterocycles. The highest BCUT2D eigenvalue weighted by molar-refractivity contribution is 5.80. The lowest BCUT2D eigenvalue weighted by Gasteiger charge is -2.39. The van der Waals surface area contributed by atoms with Crippen LogP contribution < -0.4 is 4.90 Å². The summed E-state index contributed by atoms with van der Waals surface area (Å²) in [5.74, 6) is 1.25. The van der Waals surface area contributed by atoms with Gasteiger partial charge in [-0.05, 0) is 44.0 Å². The van der Waals surface area contributed by atoms with Crippen LogP contribution in [-0.2, 0) is 4.79 Å². The van der Waals surface area contributed by atoms with Gasteiger partial charge in [0.2, 0.25) is 5.91 Å². The first-order chi connectivity index (χ1) is 14.2. The van der Waals surface area contributed by atoms with Gasteiger partial charge in [-0.1, -0.05) is 31.2 Å². The van der Waals surface area contributed by atoms with Crippen LogP contribution in [0.2, 0.25) is 0 Å². The number of rotatable bonds is 4. The van der Waals surface area contributed by atoms with Gasteiger partial charge in [0.25, 0.3) is 0 Å². The van der Waals surface area contributed by atoms with E-state index in [2.05, 4.69) is 50.9 Å². The second kappa shape index (κ2) is 8.91. The highest BCUT2D eigenvalue weighted by Gasteiger charge is 2.31. The van der Waals surface area contributed by atoms with E-state index in [-0.39, 0.29) is 5.92 Å². The van der Waals surface area contributed by atoms with Crippen molar-refractivity contribution in [3.05, 3.63) is 42.0 Å². The molecule has 2 aromatic rings. The third-order valence-electron chi connectivity index (χ3n) is 6.30. The Hall–Kier alpha value is -2.47. The average molecular weight is 394 g/mol. The lowest BCUT2D eigenvalue weighted by molar-refractivity contribution is -0.137. The van der Waals surface area contributed by atoms with Crippen molar-refractivity contribution in [2.75, 3.05) is 50.7 Å². The van der Waals surface area contributed by atoms with E-state index in [1.165, 1.54) is 5.56 Å². The predicted molar refractivity (Wildman–Crippen MR) is 116 cm³/mol. The zero-order valence-electron chi connectivity index (χ0n) is 17.5. The van der Waals surface area contributed by atoms with Gasteiger partial charge in [0.15, 0.2) is 5.82 Å². The quantitative estimate of drug-likeness (QED) is 0.800. The van der Waals surface area contributed by atoms with E-state index >= 15 is 0 Å². The monoisotopic (exact) mass is 393 g/mol. The second-order valence-electron chi connectivity index (χ2n) is 8.14. The Morgan fingerprint density at radius 1 is 1.03 bits per heavy atom. The molecule has 1 aromatic carbocycles. The molecule has 0 bridgehead atoms. The highest BCUT2D eigenvalue weighted by atomic mass is 16.2. The summed E-state index contributed by atoms with van der Waals surface area (Å²) in [5, 5.41) is 8.96. The van der Waals surface area contributed by atoms with Gasteiger partial charge in [-0.3, -0.25) is 4.79 Å². The van der Waals surface area contributed by atoms with E-state index in [0.717, 1.165) is 75.7 Å². The van der Waals surface area contributed by atoms with Crippen molar-refractivity contribution >= 4 is 11.7 Å². The van der Waals surface area contributed by atoms with Crippen LogP contribution in [0.1, 0.15) is 25.3 Å². The van der Waals surface area contributed by atoms with Crippen LogP contribution in [0.15, 0.2) is 36.4 Å². The Kier molecular flexibility index (Phi) is 6.09. The van der Waals surface area contributed by atoms with E-state index in [1.54, 1.807) is 0 Å². The summed E-state index contributed by atoms with van der Waals surface area (Å²) in [6, 6.07) is 12.3. The SMILES string of the molecule is CCN1CCN(C(=O)C2CCCN(c3ccc(-c4ccccc4C)nn3)C2)CC1. The minimum Gasteiger partial charge on any atom is -0.354 e. The van der Waals surface area contributed by atoms with Crippen molar-refractivity contribution in [3.8, 4) is 11.3 Å².